The Balaban J connectivity index is 1.70. The molecule has 0 radical (unpaired) electrons. The zero-order valence-electron chi connectivity index (χ0n) is 11.2. The molecule has 3 unspecified atom stereocenters. The van der Waals surface area contributed by atoms with Crippen LogP contribution >= 0.6 is 0 Å². The second kappa shape index (κ2) is 5.50. The summed E-state index contributed by atoms with van der Waals surface area (Å²) in [4.78, 5) is 2.63. The Bertz CT molecular complexity index is 213. The van der Waals surface area contributed by atoms with E-state index < -0.39 is 0 Å². The minimum absolute atomic E-state index is 0.763. The lowest BCUT2D eigenvalue weighted by Crippen LogP contribution is -2.52. The van der Waals surface area contributed by atoms with Crippen molar-refractivity contribution in [1.29, 1.82) is 0 Å². The molecule has 0 aromatic carbocycles. The van der Waals surface area contributed by atoms with Gasteiger partial charge in [-0.3, -0.25) is 0 Å². The first kappa shape index (κ1) is 12.4. The summed E-state index contributed by atoms with van der Waals surface area (Å²) >= 11 is 0. The molecule has 2 aliphatic carbocycles. The topological polar surface area (TPSA) is 15.3 Å². The molecule has 2 aliphatic rings. The number of hydrogen-bond donors (Lipinski definition) is 1. The molecule has 3 atom stereocenters. The molecule has 0 amide bonds. The standard InChI is InChI=1S/C14H28N2/c1-4-5-11(2)16(3)14-9-6-12(14)10-15-13-7-8-13/h11-15H,4-10H2,1-3H3. The Morgan fingerprint density at radius 2 is 2.00 bits per heavy atom. The Hall–Kier alpha value is -0.0800. The molecule has 2 fully saturated rings. The summed E-state index contributed by atoms with van der Waals surface area (Å²) in [5, 5.41) is 3.69. The maximum Gasteiger partial charge on any atom is 0.0135 e. The van der Waals surface area contributed by atoms with Crippen LogP contribution in [0.2, 0.25) is 0 Å². The quantitative estimate of drug-likeness (QED) is 0.715. The van der Waals surface area contributed by atoms with E-state index in [1.807, 2.05) is 0 Å². The molecule has 0 saturated heterocycles. The van der Waals surface area contributed by atoms with Crippen LogP contribution in [0.4, 0.5) is 0 Å². The highest BCUT2D eigenvalue weighted by Crippen LogP contribution is 2.33. The highest BCUT2D eigenvalue weighted by Gasteiger charge is 2.36. The van der Waals surface area contributed by atoms with E-state index in [1.165, 1.54) is 45.1 Å². The lowest BCUT2D eigenvalue weighted by molar-refractivity contribution is 0.0521. The summed E-state index contributed by atoms with van der Waals surface area (Å²) in [6.45, 7) is 5.93. The Kier molecular flexibility index (Phi) is 4.26. The average molecular weight is 224 g/mol. The molecule has 0 aromatic rings. The van der Waals surface area contributed by atoms with E-state index in [0.717, 1.165) is 24.0 Å². The van der Waals surface area contributed by atoms with Gasteiger partial charge in [0.05, 0.1) is 0 Å². The third kappa shape index (κ3) is 2.98. The summed E-state index contributed by atoms with van der Waals surface area (Å²) < 4.78 is 0. The van der Waals surface area contributed by atoms with E-state index >= 15 is 0 Å². The van der Waals surface area contributed by atoms with Crippen LogP contribution in [0.5, 0.6) is 0 Å². The molecule has 0 bridgehead atoms. The minimum Gasteiger partial charge on any atom is -0.314 e. The summed E-state index contributed by atoms with van der Waals surface area (Å²) in [6, 6.07) is 2.49. The molecule has 2 saturated carbocycles. The van der Waals surface area contributed by atoms with Crippen LogP contribution in [0.3, 0.4) is 0 Å². The smallest absolute Gasteiger partial charge is 0.0135 e. The Labute approximate surface area is 101 Å². The number of nitrogens with zero attached hydrogens (tertiary/aromatic N) is 1. The Morgan fingerprint density at radius 1 is 1.25 bits per heavy atom. The highest BCUT2D eigenvalue weighted by atomic mass is 15.2. The number of nitrogens with one attached hydrogen (secondary N) is 1. The summed E-state index contributed by atoms with van der Waals surface area (Å²) in [5.74, 6) is 0.921. The molecule has 2 nitrogen and oxygen atoms in total. The second-order valence-corrected chi connectivity index (χ2v) is 5.89. The van der Waals surface area contributed by atoms with Crippen LogP contribution < -0.4 is 5.32 Å². The van der Waals surface area contributed by atoms with Gasteiger partial charge in [0.2, 0.25) is 0 Å². The molecule has 0 spiro atoms. The fraction of sp³-hybridized carbons (Fsp3) is 1.00. The summed E-state index contributed by atoms with van der Waals surface area (Å²) in [7, 11) is 2.33. The van der Waals surface area contributed by atoms with E-state index in [0.29, 0.717) is 0 Å². The van der Waals surface area contributed by atoms with Crippen molar-refractivity contribution < 1.29 is 0 Å². The van der Waals surface area contributed by atoms with E-state index in [4.69, 9.17) is 0 Å². The van der Waals surface area contributed by atoms with Crippen LogP contribution in [-0.2, 0) is 0 Å². The van der Waals surface area contributed by atoms with Gasteiger partial charge in [-0.1, -0.05) is 13.3 Å². The monoisotopic (exact) mass is 224 g/mol. The first-order valence-corrected chi connectivity index (χ1v) is 7.17. The van der Waals surface area contributed by atoms with Crippen molar-refractivity contribution in [2.75, 3.05) is 13.6 Å². The molecule has 0 heterocycles. The predicted molar refractivity (Wildman–Crippen MR) is 69.7 cm³/mol. The fourth-order valence-corrected chi connectivity index (χ4v) is 2.88. The van der Waals surface area contributed by atoms with Gasteiger partial charge in [0.1, 0.15) is 0 Å². The maximum absolute atomic E-state index is 3.69. The van der Waals surface area contributed by atoms with Crippen molar-refractivity contribution in [1.82, 2.24) is 10.2 Å². The van der Waals surface area contributed by atoms with Gasteiger partial charge in [0.25, 0.3) is 0 Å². The normalized spacial score (nSPS) is 31.5. The minimum atomic E-state index is 0.763. The van der Waals surface area contributed by atoms with Crippen LogP contribution in [0.15, 0.2) is 0 Å². The highest BCUT2D eigenvalue weighted by molar-refractivity contribution is 4.92. The SMILES string of the molecule is CCCC(C)N(C)C1CCC1CNC1CC1. The van der Waals surface area contributed by atoms with Crippen molar-refractivity contribution in [2.45, 2.75) is 70.5 Å². The molecule has 16 heavy (non-hydrogen) atoms. The lowest BCUT2D eigenvalue weighted by atomic mass is 9.78. The molecule has 94 valence electrons. The van der Waals surface area contributed by atoms with Gasteiger partial charge in [0.15, 0.2) is 0 Å². The van der Waals surface area contributed by atoms with Crippen molar-refractivity contribution in [3.05, 3.63) is 0 Å². The zero-order chi connectivity index (χ0) is 11.5. The first-order valence-electron chi connectivity index (χ1n) is 7.17. The van der Waals surface area contributed by atoms with Crippen LogP contribution in [-0.4, -0.2) is 36.6 Å². The predicted octanol–water partition coefficient (Wildman–Crippen LogP) is 2.64. The van der Waals surface area contributed by atoms with E-state index in [2.05, 4.69) is 31.1 Å². The van der Waals surface area contributed by atoms with Crippen molar-refractivity contribution in [3.63, 3.8) is 0 Å². The van der Waals surface area contributed by atoms with Crippen LogP contribution in [0.1, 0.15) is 52.4 Å². The van der Waals surface area contributed by atoms with Gasteiger partial charge in [-0.05, 0) is 58.5 Å². The average Bonchev–Trinajstić information content (AvgIpc) is 3.00. The molecule has 0 aromatic heterocycles. The van der Waals surface area contributed by atoms with Crippen LogP contribution in [0, 0.1) is 5.92 Å². The van der Waals surface area contributed by atoms with Crippen LogP contribution in [0.25, 0.3) is 0 Å². The van der Waals surface area contributed by atoms with Gasteiger partial charge < -0.3 is 10.2 Å². The van der Waals surface area contributed by atoms with Gasteiger partial charge >= 0.3 is 0 Å². The molecule has 0 aliphatic heterocycles. The second-order valence-electron chi connectivity index (χ2n) is 5.89. The lowest BCUT2D eigenvalue weighted by Gasteiger charge is -2.45. The van der Waals surface area contributed by atoms with Gasteiger partial charge in [-0.25, -0.2) is 0 Å². The van der Waals surface area contributed by atoms with Crippen molar-refractivity contribution in [2.24, 2.45) is 5.92 Å². The zero-order valence-corrected chi connectivity index (χ0v) is 11.2. The van der Waals surface area contributed by atoms with Gasteiger partial charge in [-0.2, -0.15) is 0 Å². The number of rotatable bonds is 7. The summed E-state index contributed by atoms with van der Waals surface area (Å²) in [5.41, 5.74) is 0. The fourth-order valence-electron chi connectivity index (χ4n) is 2.88. The van der Waals surface area contributed by atoms with Crippen molar-refractivity contribution >= 4 is 0 Å². The number of hydrogen-bond acceptors (Lipinski definition) is 2. The van der Waals surface area contributed by atoms with Gasteiger partial charge in [-0.15, -0.1) is 0 Å². The van der Waals surface area contributed by atoms with Gasteiger partial charge in [0, 0.05) is 18.1 Å². The van der Waals surface area contributed by atoms with E-state index in [-0.39, 0.29) is 0 Å². The summed E-state index contributed by atoms with van der Waals surface area (Å²) in [6.07, 6.45) is 8.34. The maximum atomic E-state index is 3.69. The molecule has 2 heteroatoms. The van der Waals surface area contributed by atoms with E-state index in [9.17, 15) is 0 Å². The molecular weight excluding hydrogens is 196 g/mol. The molecule has 1 N–H and O–H groups in total. The molecule has 2 rings (SSSR count). The third-order valence-corrected chi connectivity index (χ3v) is 4.55. The molecular formula is C14H28N2. The van der Waals surface area contributed by atoms with Crippen molar-refractivity contribution in [3.8, 4) is 0 Å². The first-order chi connectivity index (χ1) is 7.72. The van der Waals surface area contributed by atoms with E-state index in [1.54, 1.807) is 0 Å². The third-order valence-electron chi connectivity index (χ3n) is 4.55. The largest absolute Gasteiger partial charge is 0.314 e. The Morgan fingerprint density at radius 3 is 2.50 bits per heavy atom.